The summed E-state index contributed by atoms with van der Waals surface area (Å²) in [4.78, 5) is 23.1. The normalized spacial score (nSPS) is 10.6. The van der Waals surface area contributed by atoms with Crippen molar-refractivity contribution >= 4 is 34.8 Å². The first kappa shape index (κ1) is 19.0. The maximum atomic E-state index is 12.1. The Labute approximate surface area is 156 Å². The molecule has 0 aliphatic rings. The van der Waals surface area contributed by atoms with Crippen LogP contribution in [0.5, 0.6) is 0 Å². The first-order chi connectivity index (χ1) is 12.5. The highest BCUT2D eigenvalue weighted by Crippen LogP contribution is 2.15. The summed E-state index contributed by atoms with van der Waals surface area (Å²) in [6.07, 6.45) is 1.33. The van der Waals surface area contributed by atoms with Gasteiger partial charge < -0.3 is 16.0 Å². The predicted molar refractivity (Wildman–Crippen MR) is 101 cm³/mol. The van der Waals surface area contributed by atoms with E-state index < -0.39 is 5.91 Å². The lowest BCUT2D eigenvalue weighted by Crippen LogP contribution is -2.24. The van der Waals surface area contributed by atoms with Gasteiger partial charge in [0.1, 0.15) is 11.6 Å². The molecule has 0 spiro atoms. The van der Waals surface area contributed by atoms with Gasteiger partial charge in [-0.05, 0) is 35.9 Å². The highest BCUT2D eigenvalue weighted by atomic mass is 35.5. The summed E-state index contributed by atoms with van der Waals surface area (Å²) in [5.41, 5.74) is 2.03. The topological polar surface area (TPSA) is 94.0 Å². The lowest BCUT2D eigenvalue weighted by atomic mass is 10.2. The van der Waals surface area contributed by atoms with E-state index in [-0.39, 0.29) is 18.0 Å². The Kier molecular flexibility index (Phi) is 6.77. The van der Waals surface area contributed by atoms with Crippen molar-refractivity contribution in [3.05, 3.63) is 70.9 Å². The van der Waals surface area contributed by atoms with E-state index in [1.165, 1.54) is 13.1 Å². The van der Waals surface area contributed by atoms with Gasteiger partial charge >= 0.3 is 0 Å². The average molecular weight is 369 g/mol. The highest BCUT2D eigenvalue weighted by Gasteiger charge is 2.09. The fraction of sp³-hybridized carbons (Fsp3) is 0.105. The average Bonchev–Trinajstić information content (AvgIpc) is 2.62. The van der Waals surface area contributed by atoms with E-state index >= 15 is 0 Å². The van der Waals surface area contributed by atoms with Gasteiger partial charge in [0.2, 0.25) is 5.91 Å². The number of nitriles is 1. The van der Waals surface area contributed by atoms with Crippen LogP contribution in [-0.4, -0.2) is 11.8 Å². The minimum Gasteiger partial charge on any atom is -0.360 e. The van der Waals surface area contributed by atoms with Crippen LogP contribution in [-0.2, 0) is 16.1 Å². The van der Waals surface area contributed by atoms with Gasteiger partial charge in [0.25, 0.3) is 5.91 Å². The van der Waals surface area contributed by atoms with Gasteiger partial charge in [-0.1, -0.05) is 29.8 Å². The summed E-state index contributed by atoms with van der Waals surface area (Å²) in [6.45, 7) is 1.65. The molecule has 0 saturated heterocycles. The van der Waals surface area contributed by atoms with Crippen molar-refractivity contribution in [2.24, 2.45) is 0 Å². The summed E-state index contributed by atoms with van der Waals surface area (Å²) < 4.78 is 0. The molecular formula is C19H17ClN4O2. The summed E-state index contributed by atoms with van der Waals surface area (Å²) in [5.74, 6) is -0.664. The second kappa shape index (κ2) is 9.25. The summed E-state index contributed by atoms with van der Waals surface area (Å²) in [6, 6.07) is 15.9. The fourth-order valence-electron chi connectivity index (χ4n) is 2.07. The second-order valence-corrected chi connectivity index (χ2v) is 5.75. The molecule has 2 amide bonds. The van der Waals surface area contributed by atoms with Crippen LogP contribution in [0, 0.1) is 11.3 Å². The number of rotatable bonds is 6. The standard InChI is InChI=1S/C19H17ClN4O2/c1-13(25)24-17-8-6-16(7-9-17)22-12-15(10-21)19(26)23-11-14-4-2-3-5-18(14)20/h2-9,12,22H,11H2,1H3,(H,23,26)(H,24,25)/b15-12-. The molecule has 0 aliphatic heterocycles. The smallest absolute Gasteiger partial charge is 0.263 e. The first-order valence-corrected chi connectivity index (χ1v) is 8.13. The Hall–Kier alpha value is -3.30. The number of hydrogen-bond donors (Lipinski definition) is 3. The van der Waals surface area contributed by atoms with Gasteiger partial charge in [-0.25, -0.2) is 0 Å². The van der Waals surface area contributed by atoms with Crippen LogP contribution >= 0.6 is 11.6 Å². The number of halogens is 1. The molecule has 0 radical (unpaired) electrons. The Bertz CT molecular complexity index is 870. The van der Waals surface area contributed by atoms with Crippen LogP contribution in [0.15, 0.2) is 60.3 Å². The lowest BCUT2D eigenvalue weighted by Gasteiger charge is -2.07. The quantitative estimate of drug-likeness (QED) is 0.537. The molecule has 0 aliphatic carbocycles. The van der Waals surface area contributed by atoms with Gasteiger partial charge in [0.05, 0.1) is 0 Å². The Morgan fingerprint density at radius 2 is 1.77 bits per heavy atom. The van der Waals surface area contributed by atoms with Crippen LogP contribution in [0.1, 0.15) is 12.5 Å². The van der Waals surface area contributed by atoms with Gasteiger partial charge in [-0.2, -0.15) is 5.26 Å². The maximum Gasteiger partial charge on any atom is 0.263 e. The minimum absolute atomic E-state index is 0.0667. The molecule has 0 unspecified atom stereocenters. The van der Waals surface area contributed by atoms with Gasteiger partial charge in [0, 0.05) is 36.1 Å². The Morgan fingerprint density at radius 1 is 1.12 bits per heavy atom. The molecular weight excluding hydrogens is 352 g/mol. The molecule has 0 bridgehead atoms. The summed E-state index contributed by atoms with van der Waals surface area (Å²) >= 11 is 6.04. The van der Waals surface area contributed by atoms with E-state index in [4.69, 9.17) is 11.6 Å². The molecule has 7 heteroatoms. The van der Waals surface area contributed by atoms with E-state index in [0.717, 1.165) is 5.56 Å². The number of hydrogen-bond acceptors (Lipinski definition) is 4. The van der Waals surface area contributed by atoms with Crippen LogP contribution in [0.3, 0.4) is 0 Å². The van der Waals surface area contributed by atoms with Crippen molar-refractivity contribution in [1.29, 1.82) is 5.26 Å². The number of benzene rings is 2. The number of carbonyl (C=O) groups excluding carboxylic acids is 2. The van der Waals surface area contributed by atoms with Crippen molar-refractivity contribution < 1.29 is 9.59 Å². The van der Waals surface area contributed by atoms with Gasteiger partial charge in [-0.3, -0.25) is 9.59 Å². The highest BCUT2D eigenvalue weighted by molar-refractivity contribution is 6.31. The zero-order valence-corrected chi connectivity index (χ0v) is 14.8. The van der Waals surface area contributed by atoms with Crippen molar-refractivity contribution in [3.63, 3.8) is 0 Å². The monoisotopic (exact) mass is 368 g/mol. The Morgan fingerprint density at radius 3 is 2.38 bits per heavy atom. The van der Waals surface area contributed by atoms with E-state index in [9.17, 15) is 14.9 Å². The largest absolute Gasteiger partial charge is 0.360 e. The number of carbonyl (C=O) groups is 2. The summed E-state index contributed by atoms with van der Waals surface area (Å²) in [5, 5.41) is 17.9. The van der Waals surface area contributed by atoms with Crippen LogP contribution in [0.25, 0.3) is 0 Å². The number of nitrogens with zero attached hydrogens (tertiary/aromatic N) is 1. The molecule has 2 aromatic carbocycles. The molecule has 0 saturated carbocycles. The fourth-order valence-corrected chi connectivity index (χ4v) is 2.27. The van der Waals surface area contributed by atoms with E-state index in [1.54, 1.807) is 42.5 Å². The zero-order valence-electron chi connectivity index (χ0n) is 14.0. The third-order valence-electron chi connectivity index (χ3n) is 3.35. The minimum atomic E-state index is -0.505. The molecule has 0 fully saturated rings. The molecule has 0 heterocycles. The molecule has 2 rings (SSSR count). The molecule has 0 aromatic heterocycles. The first-order valence-electron chi connectivity index (χ1n) is 7.75. The van der Waals surface area contributed by atoms with E-state index in [1.807, 2.05) is 12.1 Å². The molecule has 3 N–H and O–H groups in total. The summed E-state index contributed by atoms with van der Waals surface area (Å²) in [7, 11) is 0. The number of anilines is 2. The third-order valence-corrected chi connectivity index (χ3v) is 3.72. The third kappa shape index (κ3) is 5.65. The van der Waals surface area contributed by atoms with Crippen LogP contribution in [0.4, 0.5) is 11.4 Å². The van der Waals surface area contributed by atoms with Crippen molar-refractivity contribution in [2.45, 2.75) is 13.5 Å². The van der Waals surface area contributed by atoms with Crippen molar-refractivity contribution in [3.8, 4) is 6.07 Å². The lowest BCUT2D eigenvalue weighted by molar-refractivity contribution is -0.117. The Balaban J connectivity index is 1.96. The number of nitrogens with one attached hydrogen (secondary N) is 3. The second-order valence-electron chi connectivity index (χ2n) is 5.35. The predicted octanol–water partition coefficient (Wildman–Crippen LogP) is 3.43. The van der Waals surface area contributed by atoms with Crippen LogP contribution < -0.4 is 16.0 Å². The zero-order chi connectivity index (χ0) is 18.9. The number of amides is 2. The molecule has 132 valence electrons. The maximum absolute atomic E-state index is 12.1. The van der Waals surface area contributed by atoms with Crippen molar-refractivity contribution in [2.75, 3.05) is 10.6 Å². The molecule has 0 atom stereocenters. The van der Waals surface area contributed by atoms with Crippen LogP contribution in [0.2, 0.25) is 5.02 Å². The van der Waals surface area contributed by atoms with Gasteiger partial charge in [0.15, 0.2) is 0 Å². The van der Waals surface area contributed by atoms with E-state index in [2.05, 4.69) is 16.0 Å². The van der Waals surface area contributed by atoms with Crippen molar-refractivity contribution in [1.82, 2.24) is 5.32 Å². The molecule has 6 nitrogen and oxygen atoms in total. The molecule has 2 aromatic rings. The van der Waals surface area contributed by atoms with Gasteiger partial charge in [-0.15, -0.1) is 0 Å². The van der Waals surface area contributed by atoms with E-state index in [0.29, 0.717) is 16.4 Å². The molecule has 26 heavy (non-hydrogen) atoms. The SMILES string of the molecule is CC(=O)Nc1ccc(N/C=C(/C#N)C(=O)NCc2ccccc2Cl)cc1.